The summed E-state index contributed by atoms with van der Waals surface area (Å²) in [4.78, 5) is 32.8. The fourth-order valence-corrected chi connectivity index (χ4v) is 8.69. The third-order valence-corrected chi connectivity index (χ3v) is 12.2. The van der Waals surface area contributed by atoms with Crippen LogP contribution in [0.2, 0.25) is 0 Å². The van der Waals surface area contributed by atoms with Crippen LogP contribution < -0.4 is 29.6 Å². The van der Waals surface area contributed by atoms with Crippen LogP contribution in [-0.4, -0.2) is 100 Å². The average Bonchev–Trinajstić information content (AvgIpc) is 3.97. The smallest absolute Gasteiger partial charge is 1.00 e. The van der Waals surface area contributed by atoms with Crippen LogP contribution in [0.3, 0.4) is 0 Å². The number of esters is 2. The number of ether oxygens (including phenoxy) is 4. The van der Waals surface area contributed by atoms with Gasteiger partial charge in [-0.15, -0.1) is 0 Å². The van der Waals surface area contributed by atoms with Gasteiger partial charge in [0, 0.05) is 54.3 Å². The predicted octanol–water partition coefficient (Wildman–Crippen LogP) is 1.34. The van der Waals surface area contributed by atoms with Gasteiger partial charge >= 0.3 is 41.5 Å². The molecule has 0 spiro atoms. The molecule has 3 N–H and O–H groups in total. The molecule has 4 saturated heterocycles. The van der Waals surface area contributed by atoms with E-state index in [1.54, 1.807) is 0 Å². The zero-order valence-corrected chi connectivity index (χ0v) is 33.2. The SMILES string of the molecule is C1=CC[C@H]2COC[C@H]2C1.O=C1CC[C@H]2COC[C@H]2C1.O=C1OC(=O)[C@@H]2CC=CC[C@H]12.OC1CC[C@H]2COC[C@H]2C1.OC[C@@H]1CC=CC[C@@H]1CO.[B].[H-].[Na+]. The van der Waals surface area contributed by atoms with Gasteiger partial charge in [0.05, 0.1) is 37.8 Å². The molecule has 5 aliphatic carbocycles. The van der Waals surface area contributed by atoms with Gasteiger partial charge in [-0.2, -0.15) is 0 Å². The molecular formula is C40H61BNaO10. The van der Waals surface area contributed by atoms with E-state index in [0.29, 0.717) is 36.4 Å². The molecule has 0 aromatic rings. The van der Waals surface area contributed by atoms with E-state index in [-0.39, 0.29) is 94.3 Å². The molecule has 4 aliphatic heterocycles. The van der Waals surface area contributed by atoms with E-state index >= 15 is 0 Å². The standard InChI is InChI=1S/C8H8O3.C8H14O2.C8H12O2.C8H14O2.C8H12O.B.Na.H/c9-7-5-3-1-2-4-6(5)8(10)11-7;2*9-8-2-1-6-4-10-5-7(6)3-8;9-5-7-3-1-2-4-8(7)6-10;1-2-4-8-6-9-5-7(8)3-1;;;/h1-2,5-6H,3-4H2;6-9H,1-5H2;6-7H,1-5H2;1-2,7-10H,3-6H2;1-2,7-8H,3-6H2;;;/q;;;;;;+1;-1/t5-,6+;6-,7+,8?;6-,7+;2*7-,8+;;;/m.00...../s1. The number of ketones is 1. The van der Waals surface area contributed by atoms with Crippen LogP contribution >= 0.6 is 0 Å². The summed E-state index contributed by atoms with van der Waals surface area (Å²) >= 11 is 0. The number of fused-ring (bicyclic) bond motifs is 4. The first-order valence-corrected chi connectivity index (χ1v) is 19.2. The number of aliphatic hydroxyl groups is 3. The second-order valence-electron chi connectivity index (χ2n) is 15.6. The number of hydrogen-bond donors (Lipinski definition) is 3. The second-order valence-corrected chi connectivity index (χ2v) is 15.6. The van der Waals surface area contributed by atoms with Gasteiger partial charge in [-0.1, -0.05) is 36.5 Å². The Hall–Kier alpha value is -1.15. The van der Waals surface area contributed by atoms with Gasteiger partial charge in [0.1, 0.15) is 5.78 Å². The molecular weight excluding hydrogens is 674 g/mol. The third kappa shape index (κ3) is 13.3. The largest absolute Gasteiger partial charge is 1.00 e. The Bertz CT molecular complexity index is 1150. The van der Waals surface area contributed by atoms with Crippen molar-refractivity contribution in [3.63, 3.8) is 0 Å². The number of allylic oxidation sites excluding steroid dienone is 6. The fraction of sp³-hybridized carbons (Fsp3) is 0.775. The minimum absolute atomic E-state index is 0. The molecule has 6 fully saturated rings. The van der Waals surface area contributed by atoms with Crippen LogP contribution in [0.25, 0.3) is 0 Å². The van der Waals surface area contributed by atoms with Gasteiger partial charge in [-0.05, 0) is 112 Å². The number of cyclic esters (lactones) is 2. The Labute approximate surface area is 335 Å². The minimum Gasteiger partial charge on any atom is -1.00 e. The molecule has 0 amide bonds. The summed E-state index contributed by atoms with van der Waals surface area (Å²) in [5.74, 6) is 4.38. The molecule has 12 heteroatoms. The van der Waals surface area contributed by atoms with E-state index in [9.17, 15) is 19.5 Å². The van der Waals surface area contributed by atoms with E-state index in [1.165, 1.54) is 19.3 Å². The Morgan fingerprint density at radius 1 is 0.577 bits per heavy atom. The molecule has 0 aromatic carbocycles. The van der Waals surface area contributed by atoms with Gasteiger partial charge in [0.25, 0.3) is 0 Å². The fourth-order valence-electron chi connectivity index (χ4n) is 8.69. The summed E-state index contributed by atoms with van der Waals surface area (Å²) in [6.07, 6.45) is 24.0. The van der Waals surface area contributed by atoms with Crippen LogP contribution in [0, 0.1) is 59.2 Å². The first kappa shape index (κ1) is 45.2. The van der Waals surface area contributed by atoms with E-state index < -0.39 is 0 Å². The normalized spacial score (nSPS) is 37.5. The van der Waals surface area contributed by atoms with Gasteiger partial charge in [-0.3, -0.25) is 14.4 Å². The van der Waals surface area contributed by atoms with Crippen molar-refractivity contribution >= 4 is 26.1 Å². The third-order valence-electron chi connectivity index (χ3n) is 12.2. The summed E-state index contributed by atoms with van der Waals surface area (Å²) in [7, 11) is 0. The molecule has 2 saturated carbocycles. The van der Waals surface area contributed by atoms with E-state index in [1.807, 2.05) is 12.2 Å². The second kappa shape index (κ2) is 23.7. The maximum absolute atomic E-state index is 11.0. The van der Waals surface area contributed by atoms with Crippen LogP contribution in [0.15, 0.2) is 36.5 Å². The molecule has 52 heavy (non-hydrogen) atoms. The molecule has 9 rings (SSSR count). The summed E-state index contributed by atoms with van der Waals surface area (Å²) in [5, 5.41) is 27.0. The summed E-state index contributed by atoms with van der Waals surface area (Å²) in [6, 6.07) is 0. The zero-order valence-electron chi connectivity index (χ0n) is 32.2. The number of Topliss-reactive ketones (excluding diaryl/α,β-unsaturated/α-hetero) is 1. The molecule has 10 nitrogen and oxygen atoms in total. The quantitative estimate of drug-likeness (QED) is 0.164. The number of rotatable bonds is 2. The summed E-state index contributed by atoms with van der Waals surface area (Å²) < 4.78 is 20.5. The van der Waals surface area contributed by atoms with Crippen molar-refractivity contribution in [3.05, 3.63) is 36.5 Å². The van der Waals surface area contributed by atoms with Crippen LogP contribution in [0.4, 0.5) is 0 Å². The molecule has 285 valence electrons. The van der Waals surface area contributed by atoms with Crippen LogP contribution in [0.5, 0.6) is 0 Å². The van der Waals surface area contributed by atoms with Crippen molar-refractivity contribution < 1.29 is 79.6 Å². The van der Waals surface area contributed by atoms with Crippen molar-refractivity contribution in [2.24, 2.45) is 59.2 Å². The molecule has 0 bridgehead atoms. The molecule has 3 radical (unpaired) electrons. The molecule has 4 heterocycles. The molecule has 11 atom stereocenters. The van der Waals surface area contributed by atoms with Crippen molar-refractivity contribution in [2.45, 2.75) is 83.2 Å². The van der Waals surface area contributed by atoms with Crippen molar-refractivity contribution in [1.82, 2.24) is 0 Å². The Kier molecular flexibility index (Phi) is 20.6. The average molecular weight is 736 g/mol. The number of aliphatic hydroxyl groups excluding tert-OH is 3. The number of hydrogen-bond acceptors (Lipinski definition) is 10. The van der Waals surface area contributed by atoms with E-state index in [0.717, 1.165) is 102 Å². The van der Waals surface area contributed by atoms with Gasteiger partial charge in [0.2, 0.25) is 0 Å². The molecule has 1 unspecified atom stereocenters. The first-order chi connectivity index (χ1) is 24.4. The van der Waals surface area contributed by atoms with Crippen LogP contribution in [-0.2, 0) is 33.3 Å². The van der Waals surface area contributed by atoms with Crippen molar-refractivity contribution in [3.8, 4) is 0 Å². The Balaban J connectivity index is 0.000000226. The first-order valence-electron chi connectivity index (χ1n) is 19.2. The summed E-state index contributed by atoms with van der Waals surface area (Å²) in [5.41, 5.74) is 0. The number of carbonyl (C=O) groups excluding carboxylic acids is 3. The Morgan fingerprint density at radius 2 is 1.02 bits per heavy atom. The van der Waals surface area contributed by atoms with Crippen molar-refractivity contribution in [1.29, 1.82) is 0 Å². The summed E-state index contributed by atoms with van der Waals surface area (Å²) in [6.45, 7) is 5.99. The number of carbonyl (C=O) groups is 3. The predicted molar refractivity (Wildman–Crippen MR) is 193 cm³/mol. The van der Waals surface area contributed by atoms with Crippen LogP contribution in [0.1, 0.15) is 78.5 Å². The van der Waals surface area contributed by atoms with Crippen molar-refractivity contribution in [2.75, 3.05) is 52.9 Å². The Morgan fingerprint density at radius 3 is 1.56 bits per heavy atom. The van der Waals surface area contributed by atoms with Gasteiger partial charge in [-0.25, -0.2) is 0 Å². The monoisotopic (exact) mass is 735 g/mol. The van der Waals surface area contributed by atoms with Gasteiger partial charge in [0.15, 0.2) is 0 Å². The van der Waals surface area contributed by atoms with Gasteiger partial charge < -0.3 is 35.7 Å². The minimum atomic E-state index is -0.343. The maximum Gasteiger partial charge on any atom is 1.00 e. The molecule has 9 aliphatic rings. The maximum atomic E-state index is 11.0. The molecule has 0 aromatic heterocycles. The topological polar surface area (TPSA) is 149 Å². The van der Waals surface area contributed by atoms with E-state index in [4.69, 9.17) is 24.4 Å². The zero-order chi connectivity index (χ0) is 35.3. The van der Waals surface area contributed by atoms with E-state index in [2.05, 4.69) is 29.0 Å².